The van der Waals surface area contributed by atoms with Gasteiger partial charge in [-0.05, 0) is 31.0 Å². The molecule has 1 aliphatic rings. The van der Waals surface area contributed by atoms with Crippen LogP contribution in [0.1, 0.15) is 21.5 Å². The fourth-order valence-electron chi connectivity index (χ4n) is 2.84. The summed E-state index contributed by atoms with van der Waals surface area (Å²) in [5.74, 6) is -0.503. The highest BCUT2D eigenvalue weighted by Crippen LogP contribution is 2.41. The second-order valence-corrected chi connectivity index (χ2v) is 5.82. The third kappa shape index (κ3) is 2.60. The van der Waals surface area contributed by atoms with Crippen molar-refractivity contribution in [3.63, 3.8) is 0 Å². The van der Waals surface area contributed by atoms with E-state index in [1.54, 1.807) is 12.1 Å². The number of Topliss-reactive ketones (excluding diaryl/α,β-unsaturated/α-hetero) is 1. The summed E-state index contributed by atoms with van der Waals surface area (Å²) in [5, 5.41) is 29.6. The largest absolute Gasteiger partial charge is 0.507 e. The Morgan fingerprint density at radius 2 is 1.96 bits per heavy atom. The molecule has 6 nitrogen and oxygen atoms in total. The number of carbonyl (C=O) groups excluding carboxylic acids is 1. The van der Waals surface area contributed by atoms with Crippen LogP contribution < -0.4 is 9.47 Å². The van der Waals surface area contributed by atoms with Crippen LogP contribution in [-0.2, 0) is 6.42 Å². The molecule has 6 heteroatoms. The topological polar surface area (TPSA) is 96.2 Å². The zero-order chi connectivity index (χ0) is 17.4. The molecule has 3 N–H and O–H groups in total. The van der Waals surface area contributed by atoms with Crippen molar-refractivity contribution in [3.8, 4) is 28.7 Å². The van der Waals surface area contributed by atoms with Gasteiger partial charge in [0.2, 0.25) is 0 Å². The number of carbonyl (C=O) groups is 1. The van der Waals surface area contributed by atoms with Gasteiger partial charge in [-0.1, -0.05) is 6.07 Å². The fourth-order valence-corrected chi connectivity index (χ4v) is 2.84. The molecule has 0 radical (unpaired) electrons. The minimum absolute atomic E-state index is 0.0292. The predicted octanol–water partition coefficient (Wildman–Crippen LogP) is 2.55. The molecule has 0 amide bonds. The van der Waals surface area contributed by atoms with E-state index in [4.69, 9.17) is 9.47 Å². The van der Waals surface area contributed by atoms with Gasteiger partial charge in [-0.2, -0.15) is 0 Å². The van der Waals surface area contributed by atoms with E-state index >= 15 is 0 Å². The van der Waals surface area contributed by atoms with Crippen LogP contribution in [0.2, 0.25) is 0 Å². The van der Waals surface area contributed by atoms with Crippen molar-refractivity contribution in [2.24, 2.45) is 5.92 Å². The maximum Gasteiger partial charge on any atom is 0.177 e. The van der Waals surface area contributed by atoms with Crippen LogP contribution in [0, 0.1) is 12.8 Å². The summed E-state index contributed by atoms with van der Waals surface area (Å²) in [4.78, 5) is 12.7. The Hall–Kier alpha value is -2.89. The fraction of sp³-hybridized carbons (Fsp3) is 0.278. The van der Waals surface area contributed by atoms with Gasteiger partial charge < -0.3 is 24.8 Å². The molecule has 0 spiro atoms. The normalized spacial score (nSPS) is 16.4. The van der Waals surface area contributed by atoms with Gasteiger partial charge in [0.05, 0.1) is 19.6 Å². The lowest BCUT2D eigenvalue weighted by molar-refractivity contribution is 0.0825. The summed E-state index contributed by atoms with van der Waals surface area (Å²) in [6, 6.07) is 6.24. The van der Waals surface area contributed by atoms with E-state index in [9.17, 15) is 20.1 Å². The zero-order valence-corrected chi connectivity index (χ0v) is 13.4. The first-order valence-corrected chi connectivity index (χ1v) is 7.50. The summed E-state index contributed by atoms with van der Waals surface area (Å²) < 4.78 is 10.6. The second-order valence-electron chi connectivity index (χ2n) is 5.82. The maximum absolute atomic E-state index is 12.7. The first-order valence-electron chi connectivity index (χ1n) is 7.50. The number of phenols is 3. The molecule has 0 bridgehead atoms. The first kappa shape index (κ1) is 16.0. The third-order valence-electron chi connectivity index (χ3n) is 4.27. The van der Waals surface area contributed by atoms with Gasteiger partial charge in [-0.3, -0.25) is 4.79 Å². The first-order chi connectivity index (χ1) is 11.4. The minimum atomic E-state index is -0.471. The Bertz CT molecular complexity index is 812. The number of ketones is 1. The van der Waals surface area contributed by atoms with E-state index in [-0.39, 0.29) is 46.5 Å². The molecule has 2 aromatic rings. The molecule has 126 valence electrons. The average molecular weight is 330 g/mol. The summed E-state index contributed by atoms with van der Waals surface area (Å²) in [7, 11) is 1.46. The van der Waals surface area contributed by atoms with Crippen LogP contribution >= 0.6 is 0 Å². The molecule has 1 unspecified atom stereocenters. The van der Waals surface area contributed by atoms with E-state index in [0.29, 0.717) is 12.2 Å². The highest BCUT2D eigenvalue weighted by molar-refractivity contribution is 6.04. The Balaban J connectivity index is 1.90. The molecule has 24 heavy (non-hydrogen) atoms. The van der Waals surface area contributed by atoms with E-state index in [0.717, 1.165) is 5.56 Å². The number of hydrogen-bond acceptors (Lipinski definition) is 6. The lowest BCUT2D eigenvalue weighted by Gasteiger charge is -2.25. The predicted molar refractivity (Wildman–Crippen MR) is 86.2 cm³/mol. The maximum atomic E-state index is 12.7. The molecule has 0 aromatic heterocycles. The monoisotopic (exact) mass is 330 g/mol. The third-order valence-corrected chi connectivity index (χ3v) is 4.27. The van der Waals surface area contributed by atoms with Crippen LogP contribution in [0.5, 0.6) is 28.7 Å². The summed E-state index contributed by atoms with van der Waals surface area (Å²) >= 11 is 0. The summed E-state index contributed by atoms with van der Waals surface area (Å²) in [5.41, 5.74) is 1.16. The van der Waals surface area contributed by atoms with Crippen LogP contribution in [0.15, 0.2) is 24.3 Å². The number of aromatic hydroxyl groups is 3. The van der Waals surface area contributed by atoms with Crippen molar-refractivity contribution in [1.82, 2.24) is 0 Å². The second kappa shape index (κ2) is 5.96. The molecule has 0 aliphatic carbocycles. The van der Waals surface area contributed by atoms with Crippen molar-refractivity contribution < 1.29 is 29.6 Å². The Labute approximate surface area is 138 Å². The smallest absolute Gasteiger partial charge is 0.177 e. The molecular formula is C18H18O6. The number of hydrogen-bond donors (Lipinski definition) is 3. The quantitative estimate of drug-likeness (QED) is 0.800. The molecule has 1 aliphatic heterocycles. The standard InChI is InChI=1S/C18H18O6/c1-9-13(20)7-15-16(17(9)21)18(22)11(8-24-15)5-10-3-4-12(19)14(6-10)23-2/h3-4,6-7,11,19-21H,5,8H2,1-2H3. The van der Waals surface area contributed by atoms with E-state index in [2.05, 4.69) is 0 Å². The molecule has 0 fully saturated rings. The number of methoxy groups -OCH3 is 1. The van der Waals surface area contributed by atoms with Gasteiger partial charge in [0.15, 0.2) is 17.3 Å². The Morgan fingerprint density at radius 1 is 1.21 bits per heavy atom. The molecule has 1 heterocycles. The molecular weight excluding hydrogens is 312 g/mol. The number of fused-ring (bicyclic) bond motifs is 1. The van der Waals surface area contributed by atoms with Gasteiger partial charge in [0.25, 0.3) is 0 Å². The van der Waals surface area contributed by atoms with Gasteiger partial charge in [-0.15, -0.1) is 0 Å². The Morgan fingerprint density at radius 3 is 2.67 bits per heavy atom. The Kier molecular flexibility index (Phi) is 3.97. The van der Waals surface area contributed by atoms with Crippen molar-refractivity contribution in [3.05, 3.63) is 41.0 Å². The van der Waals surface area contributed by atoms with Crippen LogP contribution in [0.25, 0.3) is 0 Å². The summed E-state index contributed by atoms with van der Waals surface area (Å²) in [6.07, 6.45) is 0.383. The highest BCUT2D eigenvalue weighted by atomic mass is 16.5. The van der Waals surface area contributed by atoms with Gasteiger partial charge in [0.1, 0.15) is 22.8 Å². The van der Waals surface area contributed by atoms with Crippen molar-refractivity contribution in [1.29, 1.82) is 0 Å². The SMILES string of the molecule is COc1cc(CC2COc3cc(O)c(C)c(O)c3C2=O)ccc1O. The summed E-state index contributed by atoms with van der Waals surface area (Å²) in [6.45, 7) is 1.68. The average Bonchev–Trinajstić information content (AvgIpc) is 2.56. The molecule has 1 atom stereocenters. The highest BCUT2D eigenvalue weighted by Gasteiger charge is 2.33. The zero-order valence-electron chi connectivity index (χ0n) is 13.4. The van der Waals surface area contributed by atoms with Gasteiger partial charge in [-0.25, -0.2) is 0 Å². The lowest BCUT2D eigenvalue weighted by Crippen LogP contribution is -2.29. The van der Waals surface area contributed by atoms with Gasteiger partial charge >= 0.3 is 0 Å². The van der Waals surface area contributed by atoms with Crippen LogP contribution in [0.3, 0.4) is 0 Å². The number of ether oxygens (including phenoxy) is 2. The van der Waals surface area contributed by atoms with E-state index in [1.807, 2.05) is 0 Å². The minimum Gasteiger partial charge on any atom is -0.507 e. The molecule has 0 saturated carbocycles. The number of benzene rings is 2. The molecule has 0 saturated heterocycles. The van der Waals surface area contributed by atoms with Crippen molar-refractivity contribution >= 4 is 5.78 Å². The number of phenolic OH excluding ortho intramolecular Hbond substituents is 3. The van der Waals surface area contributed by atoms with Crippen LogP contribution in [-0.4, -0.2) is 34.8 Å². The van der Waals surface area contributed by atoms with Crippen molar-refractivity contribution in [2.45, 2.75) is 13.3 Å². The van der Waals surface area contributed by atoms with Crippen LogP contribution in [0.4, 0.5) is 0 Å². The van der Waals surface area contributed by atoms with E-state index in [1.165, 1.54) is 26.2 Å². The number of rotatable bonds is 3. The molecule has 2 aromatic carbocycles. The molecule has 3 rings (SSSR count). The lowest BCUT2D eigenvalue weighted by atomic mass is 9.88. The van der Waals surface area contributed by atoms with Crippen molar-refractivity contribution in [2.75, 3.05) is 13.7 Å². The van der Waals surface area contributed by atoms with Gasteiger partial charge in [0, 0.05) is 11.6 Å². The van der Waals surface area contributed by atoms with E-state index < -0.39 is 5.92 Å².